The molecule has 62 heavy (non-hydrogen) atoms. The third kappa shape index (κ3) is 8.59. The molecular weight excluding hydrogens is 809 g/mol. The Hall–Kier alpha value is -5.58. The van der Waals surface area contributed by atoms with E-state index in [1.807, 2.05) is 12.1 Å². The van der Waals surface area contributed by atoms with Crippen molar-refractivity contribution in [3.8, 4) is 11.5 Å². The number of anilines is 2. The van der Waals surface area contributed by atoms with Crippen molar-refractivity contribution in [1.82, 2.24) is 24.6 Å². The van der Waals surface area contributed by atoms with Gasteiger partial charge in [-0.15, -0.1) is 0 Å². The maximum Gasteiger partial charge on any atom is 0.312 e. The van der Waals surface area contributed by atoms with E-state index in [-0.39, 0.29) is 28.5 Å². The molecule has 5 aromatic rings. The smallest absolute Gasteiger partial charge is 0.312 e. The van der Waals surface area contributed by atoms with Crippen molar-refractivity contribution in [2.24, 2.45) is 11.3 Å². The lowest BCUT2D eigenvalue weighted by atomic mass is 9.67. The van der Waals surface area contributed by atoms with E-state index in [0.717, 1.165) is 68.7 Å². The Bertz CT molecular complexity index is 2560. The summed E-state index contributed by atoms with van der Waals surface area (Å²) in [4.78, 5) is 41.4. The number of ether oxygens (including phenoxy) is 2. The van der Waals surface area contributed by atoms with Crippen LogP contribution in [0.1, 0.15) is 98.7 Å². The topological polar surface area (TPSA) is 185 Å². The molecule has 2 aromatic carbocycles. The number of pyridine rings is 2. The fraction of sp³-hybridized carbons (Fsp3) is 0.457. The van der Waals surface area contributed by atoms with Crippen LogP contribution in [-0.4, -0.2) is 84.5 Å². The largest absolute Gasteiger partial charge is 0.455 e. The van der Waals surface area contributed by atoms with Crippen LogP contribution in [0.5, 0.6) is 11.5 Å². The highest BCUT2D eigenvalue weighted by Gasteiger charge is 2.47. The van der Waals surface area contributed by atoms with Crippen LogP contribution >= 0.6 is 0 Å². The fourth-order valence-corrected chi connectivity index (χ4v) is 11.0. The molecule has 6 heterocycles. The summed E-state index contributed by atoms with van der Waals surface area (Å²) in [6.45, 7) is 9.13. The number of rotatable bonds is 13. The molecule has 0 radical (unpaired) electrons. The Kier molecular flexibility index (Phi) is 11.6. The van der Waals surface area contributed by atoms with Crippen molar-refractivity contribution in [2.45, 2.75) is 88.1 Å². The molecular formula is C46H54N8O7S. The Labute approximate surface area is 361 Å². The molecule has 1 amide bonds. The first-order valence-electron chi connectivity index (χ1n) is 21.8. The zero-order valence-electron chi connectivity index (χ0n) is 35.2. The molecule has 9 rings (SSSR count). The predicted molar refractivity (Wildman–Crippen MR) is 236 cm³/mol. The fourth-order valence-electron chi connectivity index (χ4n) is 10.1. The summed E-state index contributed by atoms with van der Waals surface area (Å²) in [5.41, 5.74) is 4.16. The van der Waals surface area contributed by atoms with Gasteiger partial charge in [-0.2, -0.15) is 0 Å². The number of hydrogen-bond donors (Lipinski definition) is 3. The van der Waals surface area contributed by atoms with Crippen LogP contribution < -0.4 is 19.7 Å². The number of nitro groups is 1. The molecule has 0 bridgehead atoms. The molecule has 15 nitrogen and oxygen atoms in total. The number of likely N-dealkylation sites (tertiary alicyclic amines) is 1. The average molecular weight is 863 g/mol. The minimum absolute atomic E-state index is 0.0290. The number of fused-ring (bicyclic) bond motifs is 1. The van der Waals surface area contributed by atoms with E-state index in [1.165, 1.54) is 43.0 Å². The number of H-pyrrole nitrogens is 1. The highest BCUT2D eigenvalue weighted by molar-refractivity contribution is 7.90. The Morgan fingerprint density at radius 1 is 1.02 bits per heavy atom. The third-order valence-corrected chi connectivity index (χ3v) is 14.8. The van der Waals surface area contributed by atoms with Crippen molar-refractivity contribution < 1.29 is 27.6 Å². The van der Waals surface area contributed by atoms with E-state index in [2.05, 4.69) is 72.9 Å². The van der Waals surface area contributed by atoms with E-state index >= 15 is 0 Å². The van der Waals surface area contributed by atoms with Crippen LogP contribution in [0, 0.1) is 21.4 Å². The van der Waals surface area contributed by atoms with E-state index in [1.54, 1.807) is 24.4 Å². The van der Waals surface area contributed by atoms with Gasteiger partial charge in [0.25, 0.3) is 15.9 Å². The van der Waals surface area contributed by atoms with Crippen molar-refractivity contribution in [2.75, 3.05) is 49.6 Å². The van der Waals surface area contributed by atoms with Crippen LogP contribution in [0.2, 0.25) is 0 Å². The zero-order valence-corrected chi connectivity index (χ0v) is 36.0. The molecule has 1 aliphatic carbocycles. The molecule has 0 unspecified atom stereocenters. The number of sulfonamides is 1. The summed E-state index contributed by atoms with van der Waals surface area (Å²) in [6.07, 6.45) is 13.0. The lowest BCUT2D eigenvalue weighted by molar-refractivity contribution is -0.384. The van der Waals surface area contributed by atoms with Crippen LogP contribution in [0.25, 0.3) is 11.0 Å². The SMILES string of the molecule is CC(C)c1ccccc1[C@H]1CCCN1C1CCC2(CC1)CN(c1ccc(C(=O)NS(=O)(=O)c3cnc(NCC4CCOCC4)c([N+](=O)[O-])c3)c(Oc3cnc4[nH]ccc4c3)c1)C2. The number of aromatic amines is 1. The van der Waals surface area contributed by atoms with Gasteiger partial charge in [-0.05, 0) is 105 Å². The molecule has 4 fully saturated rings. The summed E-state index contributed by atoms with van der Waals surface area (Å²) >= 11 is 0. The van der Waals surface area contributed by atoms with Gasteiger partial charge in [0.15, 0.2) is 0 Å². The Balaban J connectivity index is 0.902. The number of carbonyl (C=O) groups is 1. The van der Waals surface area contributed by atoms with Gasteiger partial charge in [0.2, 0.25) is 5.82 Å². The van der Waals surface area contributed by atoms with Crippen molar-refractivity contribution in [3.63, 3.8) is 0 Å². The number of aromatic nitrogens is 3. The summed E-state index contributed by atoms with van der Waals surface area (Å²) in [6, 6.07) is 19.7. The number of amides is 1. The molecule has 3 aliphatic heterocycles. The average Bonchev–Trinajstić information content (AvgIpc) is 3.95. The minimum Gasteiger partial charge on any atom is -0.455 e. The summed E-state index contributed by atoms with van der Waals surface area (Å²) in [7, 11) is -4.60. The zero-order chi connectivity index (χ0) is 43.0. The van der Waals surface area contributed by atoms with E-state index < -0.39 is 31.4 Å². The second-order valence-electron chi connectivity index (χ2n) is 17.8. The van der Waals surface area contributed by atoms with E-state index in [9.17, 15) is 23.3 Å². The van der Waals surface area contributed by atoms with Gasteiger partial charge >= 0.3 is 5.69 Å². The van der Waals surface area contributed by atoms with Crippen molar-refractivity contribution in [3.05, 3.63) is 106 Å². The van der Waals surface area contributed by atoms with E-state index in [0.29, 0.717) is 49.2 Å². The second-order valence-corrected chi connectivity index (χ2v) is 19.5. The van der Waals surface area contributed by atoms with Gasteiger partial charge in [0, 0.05) is 79.7 Å². The molecule has 1 saturated carbocycles. The molecule has 1 atom stereocenters. The molecule has 16 heteroatoms. The second kappa shape index (κ2) is 17.3. The predicted octanol–water partition coefficient (Wildman–Crippen LogP) is 8.33. The Morgan fingerprint density at radius 3 is 2.58 bits per heavy atom. The molecule has 3 N–H and O–H groups in total. The number of nitrogens with zero attached hydrogens (tertiary/aromatic N) is 5. The van der Waals surface area contributed by atoms with Crippen LogP contribution in [0.4, 0.5) is 17.2 Å². The van der Waals surface area contributed by atoms with Crippen LogP contribution in [0.3, 0.4) is 0 Å². The van der Waals surface area contributed by atoms with Gasteiger partial charge in [-0.1, -0.05) is 38.1 Å². The maximum atomic E-state index is 13.9. The van der Waals surface area contributed by atoms with Gasteiger partial charge in [0.05, 0.1) is 22.9 Å². The van der Waals surface area contributed by atoms with Gasteiger partial charge in [-0.3, -0.25) is 19.8 Å². The number of benzene rings is 2. The lowest BCUT2D eigenvalue weighted by Gasteiger charge is -2.55. The molecule has 326 valence electrons. The minimum atomic E-state index is -4.60. The number of carbonyl (C=O) groups excluding carboxylic acids is 1. The summed E-state index contributed by atoms with van der Waals surface area (Å²) in [5.74, 6) is 0.245. The van der Waals surface area contributed by atoms with E-state index in [4.69, 9.17) is 9.47 Å². The van der Waals surface area contributed by atoms with Crippen molar-refractivity contribution >= 4 is 44.2 Å². The normalized spacial score (nSPS) is 19.8. The first kappa shape index (κ1) is 41.8. The summed E-state index contributed by atoms with van der Waals surface area (Å²) in [5, 5.41) is 15.8. The molecule has 1 spiro atoms. The highest BCUT2D eigenvalue weighted by atomic mass is 32.2. The monoisotopic (exact) mass is 862 g/mol. The number of nitrogens with one attached hydrogen (secondary N) is 3. The maximum absolute atomic E-state index is 13.9. The number of hydrogen-bond acceptors (Lipinski definition) is 12. The summed E-state index contributed by atoms with van der Waals surface area (Å²) < 4.78 is 41.1. The van der Waals surface area contributed by atoms with Crippen LogP contribution in [0.15, 0.2) is 84.1 Å². The van der Waals surface area contributed by atoms with Gasteiger partial charge in [0.1, 0.15) is 22.0 Å². The molecule has 3 aromatic heterocycles. The van der Waals surface area contributed by atoms with Gasteiger partial charge < -0.3 is 24.7 Å². The first-order valence-corrected chi connectivity index (χ1v) is 23.3. The molecule has 4 aliphatic rings. The quantitative estimate of drug-likeness (QED) is 0.0761. The molecule has 3 saturated heterocycles. The first-order chi connectivity index (χ1) is 29.9. The highest BCUT2D eigenvalue weighted by Crippen LogP contribution is 2.49. The Morgan fingerprint density at radius 2 is 1.81 bits per heavy atom. The lowest BCUT2D eigenvalue weighted by Crippen LogP contribution is -2.59. The van der Waals surface area contributed by atoms with Crippen molar-refractivity contribution in [1.29, 1.82) is 0 Å². The third-order valence-electron chi connectivity index (χ3n) is 13.5. The van der Waals surface area contributed by atoms with Crippen LogP contribution in [-0.2, 0) is 14.8 Å². The van der Waals surface area contributed by atoms with Gasteiger partial charge in [-0.25, -0.2) is 23.1 Å². The standard InChI is InChI=1S/C46H54N8O7S/c1-30(2)37-6-3-4-7-38(37)40-8-5-19-53(40)33-11-16-46(17-12-33)28-52(29-46)34-9-10-39(42(23-34)61-35-22-32-13-18-47-43(32)49-26-35)45(55)51-62(58,59)36-24-41(54(56)57)44(50-27-36)48-25-31-14-20-60-21-15-31/h3-4,6-7,9-10,13,18,22-24,26-27,30-31,33,40H,5,8,11-12,14-17,19-21,25,28-29H2,1-2H3,(H,47,49)(H,48,50)(H,51,55)/t40-/m1/s1.